The molecule has 6 heteroatoms. The number of ether oxygens (including phenoxy) is 2. The lowest BCUT2D eigenvalue weighted by atomic mass is 10.1. The zero-order valence-corrected chi connectivity index (χ0v) is 11.0. The fourth-order valence-electron chi connectivity index (χ4n) is 0.948. The SMILES string of the molecule is COC(C)(C)CCOc1cc(Cl)nnc1Cl. The summed E-state index contributed by atoms with van der Waals surface area (Å²) >= 11 is 11.5. The molecule has 0 aliphatic carbocycles. The summed E-state index contributed by atoms with van der Waals surface area (Å²) < 4.78 is 10.7. The van der Waals surface area contributed by atoms with Crippen molar-refractivity contribution in [2.24, 2.45) is 0 Å². The molecule has 0 amide bonds. The highest BCUT2D eigenvalue weighted by Crippen LogP contribution is 2.24. The molecule has 0 N–H and O–H groups in total. The number of methoxy groups -OCH3 is 1. The van der Waals surface area contributed by atoms with Gasteiger partial charge in [-0.3, -0.25) is 0 Å². The average Bonchev–Trinajstić information content (AvgIpc) is 2.23. The first kappa shape index (κ1) is 13.5. The first-order valence-electron chi connectivity index (χ1n) is 4.81. The third-order valence-corrected chi connectivity index (χ3v) is 2.65. The Hall–Kier alpha value is -0.580. The fraction of sp³-hybridized carbons (Fsp3) is 0.600. The maximum atomic E-state index is 5.79. The zero-order valence-electron chi connectivity index (χ0n) is 9.46. The van der Waals surface area contributed by atoms with E-state index >= 15 is 0 Å². The molecule has 1 aromatic rings. The Labute approximate surface area is 105 Å². The van der Waals surface area contributed by atoms with Gasteiger partial charge in [0.2, 0.25) is 0 Å². The second kappa shape index (κ2) is 5.66. The Morgan fingerprint density at radius 1 is 1.31 bits per heavy atom. The highest BCUT2D eigenvalue weighted by atomic mass is 35.5. The molecule has 0 saturated carbocycles. The highest BCUT2D eigenvalue weighted by molar-refractivity contribution is 6.32. The number of rotatable bonds is 5. The molecule has 0 saturated heterocycles. The van der Waals surface area contributed by atoms with Gasteiger partial charge in [0.15, 0.2) is 16.1 Å². The summed E-state index contributed by atoms with van der Waals surface area (Å²) in [6.07, 6.45) is 0.736. The van der Waals surface area contributed by atoms with E-state index in [9.17, 15) is 0 Å². The van der Waals surface area contributed by atoms with Crippen LogP contribution in [0, 0.1) is 0 Å². The molecule has 16 heavy (non-hydrogen) atoms. The summed E-state index contributed by atoms with van der Waals surface area (Å²) in [6.45, 7) is 4.44. The minimum atomic E-state index is -0.225. The van der Waals surface area contributed by atoms with E-state index in [4.69, 9.17) is 32.7 Å². The van der Waals surface area contributed by atoms with Crippen LogP contribution >= 0.6 is 23.2 Å². The minimum absolute atomic E-state index is 0.208. The van der Waals surface area contributed by atoms with E-state index in [0.29, 0.717) is 12.4 Å². The van der Waals surface area contributed by atoms with E-state index in [1.807, 2.05) is 13.8 Å². The van der Waals surface area contributed by atoms with Crippen molar-refractivity contribution in [3.63, 3.8) is 0 Å². The minimum Gasteiger partial charge on any atom is -0.490 e. The van der Waals surface area contributed by atoms with Gasteiger partial charge in [-0.05, 0) is 13.8 Å². The lowest BCUT2D eigenvalue weighted by Crippen LogP contribution is -2.25. The summed E-state index contributed by atoms with van der Waals surface area (Å²) in [4.78, 5) is 0. The predicted molar refractivity (Wildman–Crippen MR) is 63.3 cm³/mol. The molecule has 1 heterocycles. The molecule has 4 nitrogen and oxygen atoms in total. The van der Waals surface area contributed by atoms with Crippen LogP contribution in [-0.4, -0.2) is 29.5 Å². The van der Waals surface area contributed by atoms with Crippen molar-refractivity contribution in [1.82, 2.24) is 10.2 Å². The lowest BCUT2D eigenvalue weighted by molar-refractivity contribution is 0.00542. The van der Waals surface area contributed by atoms with Gasteiger partial charge in [-0.25, -0.2) is 0 Å². The molecule has 1 rings (SSSR count). The van der Waals surface area contributed by atoms with Gasteiger partial charge in [0.05, 0.1) is 12.2 Å². The van der Waals surface area contributed by atoms with Gasteiger partial charge < -0.3 is 9.47 Å². The van der Waals surface area contributed by atoms with E-state index in [-0.39, 0.29) is 15.9 Å². The molecule has 0 atom stereocenters. The van der Waals surface area contributed by atoms with Crippen molar-refractivity contribution >= 4 is 23.2 Å². The van der Waals surface area contributed by atoms with E-state index in [1.54, 1.807) is 7.11 Å². The predicted octanol–water partition coefficient (Wildman–Crippen LogP) is 2.98. The summed E-state index contributed by atoms with van der Waals surface area (Å²) in [5.41, 5.74) is -0.225. The number of hydrogen-bond acceptors (Lipinski definition) is 4. The number of hydrogen-bond donors (Lipinski definition) is 0. The Morgan fingerprint density at radius 2 is 2.00 bits per heavy atom. The van der Waals surface area contributed by atoms with Crippen molar-refractivity contribution in [3.8, 4) is 5.75 Å². The Kier molecular flexibility index (Phi) is 4.77. The highest BCUT2D eigenvalue weighted by Gasteiger charge is 2.16. The lowest BCUT2D eigenvalue weighted by Gasteiger charge is -2.22. The van der Waals surface area contributed by atoms with E-state index in [1.165, 1.54) is 6.07 Å². The Bertz CT molecular complexity index is 359. The molecule has 0 fully saturated rings. The molecule has 1 aromatic heterocycles. The maximum Gasteiger partial charge on any atom is 0.193 e. The first-order valence-corrected chi connectivity index (χ1v) is 5.57. The van der Waals surface area contributed by atoms with Crippen LogP contribution in [0.1, 0.15) is 20.3 Å². The molecule has 0 bridgehead atoms. The van der Waals surface area contributed by atoms with E-state index in [2.05, 4.69) is 10.2 Å². The van der Waals surface area contributed by atoms with Gasteiger partial charge in [0.25, 0.3) is 0 Å². The van der Waals surface area contributed by atoms with Gasteiger partial charge >= 0.3 is 0 Å². The van der Waals surface area contributed by atoms with Crippen molar-refractivity contribution in [1.29, 1.82) is 0 Å². The normalized spacial score (nSPS) is 11.6. The average molecular weight is 265 g/mol. The monoisotopic (exact) mass is 264 g/mol. The molecule has 0 aliphatic rings. The van der Waals surface area contributed by atoms with Gasteiger partial charge in [0, 0.05) is 19.6 Å². The first-order chi connectivity index (χ1) is 7.44. The van der Waals surface area contributed by atoms with Crippen LogP contribution in [0.2, 0.25) is 10.3 Å². The van der Waals surface area contributed by atoms with Crippen LogP contribution < -0.4 is 4.74 Å². The molecule has 0 radical (unpaired) electrons. The third kappa shape index (κ3) is 4.12. The molecule has 0 aromatic carbocycles. The van der Waals surface area contributed by atoms with Crippen LogP contribution in [0.15, 0.2) is 6.07 Å². The quantitative estimate of drug-likeness (QED) is 0.820. The summed E-state index contributed by atoms with van der Waals surface area (Å²) in [5, 5.41) is 7.70. The number of aromatic nitrogens is 2. The molecular formula is C10H14Cl2N2O2. The topological polar surface area (TPSA) is 44.2 Å². The number of halogens is 2. The molecule has 0 spiro atoms. The molecule has 0 unspecified atom stereocenters. The molecule has 0 aliphatic heterocycles. The molecular weight excluding hydrogens is 251 g/mol. The standard InChI is InChI=1S/C10H14Cl2N2O2/c1-10(2,15-3)4-5-16-7-6-8(11)13-14-9(7)12/h6H,4-5H2,1-3H3. The number of nitrogens with zero attached hydrogens (tertiary/aromatic N) is 2. The summed E-state index contributed by atoms with van der Waals surface area (Å²) in [7, 11) is 1.66. The van der Waals surface area contributed by atoms with Crippen molar-refractivity contribution in [2.45, 2.75) is 25.9 Å². The summed E-state index contributed by atoms with van der Waals surface area (Å²) in [6, 6.07) is 1.54. The van der Waals surface area contributed by atoms with Crippen molar-refractivity contribution in [3.05, 3.63) is 16.4 Å². The molecule has 90 valence electrons. The Morgan fingerprint density at radius 3 is 2.62 bits per heavy atom. The van der Waals surface area contributed by atoms with Crippen molar-refractivity contribution < 1.29 is 9.47 Å². The second-order valence-corrected chi connectivity index (χ2v) is 4.63. The fourth-order valence-corrected chi connectivity index (χ4v) is 1.23. The van der Waals surface area contributed by atoms with Crippen molar-refractivity contribution in [2.75, 3.05) is 13.7 Å². The van der Waals surface area contributed by atoms with Crippen LogP contribution in [0.5, 0.6) is 5.75 Å². The largest absolute Gasteiger partial charge is 0.490 e. The van der Waals surface area contributed by atoms with Crippen LogP contribution in [0.3, 0.4) is 0 Å². The van der Waals surface area contributed by atoms with Gasteiger partial charge in [-0.15, -0.1) is 10.2 Å². The van der Waals surface area contributed by atoms with Crippen LogP contribution in [0.4, 0.5) is 0 Å². The second-order valence-electron chi connectivity index (χ2n) is 3.88. The Balaban J connectivity index is 2.52. The van der Waals surface area contributed by atoms with Crippen LogP contribution in [0.25, 0.3) is 0 Å². The smallest absolute Gasteiger partial charge is 0.193 e. The maximum absolute atomic E-state index is 5.79. The third-order valence-electron chi connectivity index (χ3n) is 2.20. The summed E-state index contributed by atoms with van der Waals surface area (Å²) in [5.74, 6) is 0.438. The van der Waals surface area contributed by atoms with Gasteiger partial charge in [-0.1, -0.05) is 23.2 Å². The zero-order chi connectivity index (χ0) is 12.2. The van der Waals surface area contributed by atoms with Crippen LogP contribution in [-0.2, 0) is 4.74 Å². The van der Waals surface area contributed by atoms with E-state index in [0.717, 1.165) is 6.42 Å². The van der Waals surface area contributed by atoms with E-state index < -0.39 is 0 Å². The van der Waals surface area contributed by atoms with Gasteiger partial charge in [0.1, 0.15) is 0 Å². The van der Waals surface area contributed by atoms with Gasteiger partial charge in [-0.2, -0.15) is 0 Å².